The summed E-state index contributed by atoms with van der Waals surface area (Å²) in [6.45, 7) is 6.61. The number of nitrogens with zero attached hydrogens (tertiary/aromatic N) is 7. The van der Waals surface area contributed by atoms with E-state index in [0.29, 0.717) is 62.2 Å². The molecule has 4 aliphatic heterocycles. The van der Waals surface area contributed by atoms with Gasteiger partial charge in [-0.1, -0.05) is 0 Å². The van der Waals surface area contributed by atoms with Crippen LogP contribution in [0.25, 0.3) is 0 Å². The Labute approximate surface area is 355 Å². The van der Waals surface area contributed by atoms with Crippen LogP contribution < -0.4 is 40.8 Å². The van der Waals surface area contributed by atoms with E-state index < -0.39 is 54.0 Å². The first-order valence-corrected chi connectivity index (χ1v) is 20.5. The molecule has 16 nitrogen and oxygen atoms in total. The number of piperidine rings is 2. The molecule has 0 spiro atoms. The number of hydrazine groups is 1. The molecule has 4 aliphatic rings. The Kier molecular flexibility index (Phi) is 12.8. The molecule has 21 heteroatoms. The molecule has 334 valence electrons. The summed E-state index contributed by atoms with van der Waals surface area (Å²) in [5.41, 5.74) is 3.31. The Bertz CT molecular complexity index is 2180. The fourth-order valence-electron chi connectivity index (χ4n) is 8.20. The Morgan fingerprint density at radius 3 is 2.37 bits per heavy atom. The van der Waals surface area contributed by atoms with Crippen LogP contribution in [0.3, 0.4) is 0 Å². The fourth-order valence-corrected chi connectivity index (χ4v) is 8.20. The zero-order valence-electron chi connectivity index (χ0n) is 34.8. The minimum absolute atomic E-state index is 0.0733. The van der Waals surface area contributed by atoms with Gasteiger partial charge in [0, 0.05) is 82.3 Å². The first kappa shape index (κ1) is 44.2. The van der Waals surface area contributed by atoms with Crippen LogP contribution in [0.4, 0.5) is 56.5 Å². The third-order valence-corrected chi connectivity index (χ3v) is 11.7. The van der Waals surface area contributed by atoms with Gasteiger partial charge in [0.1, 0.15) is 17.5 Å². The van der Waals surface area contributed by atoms with E-state index in [4.69, 9.17) is 4.74 Å². The number of ether oxygens (including phenoxy) is 1. The smallest absolute Gasteiger partial charge is 0.418 e. The van der Waals surface area contributed by atoms with Crippen molar-refractivity contribution < 1.29 is 45.9 Å². The highest BCUT2D eigenvalue weighted by atomic mass is 19.4. The number of halogens is 5. The molecule has 0 aliphatic carbocycles. The number of imide groups is 1. The fraction of sp³-hybridized carbons (Fsp3) is 0.512. The molecule has 2 aromatic carbocycles. The van der Waals surface area contributed by atoms with E-state index in [1.807, 2.05) is 5.01 Å². The van der Waals surface area contributed by atoms with E-state index in [9.17, 15) is 41.1 Å². The first-order valence-electron chi connectivity index (χ1n) is 20.5. The van der Waals surface area contributed by atoms with Gasteiger partial charge >= 0.3 is 12.1 Å². The van der Waals surface area contributed by atoms with E-state index in [-0.39, 0.29) is 47.6 Å². The molecule has 7 rings (SSSR count). The minimum atomic E-state index is -4.62. The molecule has 3 aromatic rings. The molecular weight excluding hydrogens is 822 g/mol. The summed E-state index contributed by atoms with van der Waals surface area (Å²) in [4.78, 5) is 64.4. The third-order valence-electron chi connectivity index (χ3n) is 11.7. The average Bonchev–Trinajstić information content (AvgIpc) is 3.31. The highest BCUT2D eigenvalue weighted by molar-refractivity contribution is 6.02. The van der Waals surface area contributed by atoms with Gasteiger partial charge in [0.2, 0.25) is 17.8 Å². The molecule has 1 atom stereocenters. The van der Waals surface area contributed by atoms with Gasteiger partial charge in [-0.15, -0.1) is 0 Å². The van der Waals surface area contributed by atoms with E-state index in [0.717, 1.165) is 30.4 Å². The molecule has 0 radical (unpaired) electrons. The molecule has 4 N–H and O–H groups in total. The van der Waals surface area contributed by atoms with Gasteiger partial charge < -0.3 is 30.1 Å². The molecule has 3 fully saturated rings. The lowest BCUT2D eigenvalue weighted by Crippen LogP contribution is -2.51. The lowest BCUT2D eigenvalue weighted by molar-refractivity contribution is -0.140. The minimum Gasteiger partial charge on any atom is -0.495 e. The van der Waals surface area contributed by atoms with Crippen LogP contribution in [0, 0.1) is 5.92 Å². The number of hydrogen-bond acceptors (Lipinski definition) is 13. The standard InChI is InChI=1S/C41H50F5N11O5/c1-24(2)57-23-40(42,43)38(61)53(3)32-21-47-39(51-35(32)57)49-29-7-5-26(19-33(29)62-4)36(59)52-56-13-11-25(12-14-56)22-54-15-17-55(18-16-54)31-9-6-27(20-28(31)41(44,45)46)48-30-8-10-34(58)50-37(30)60/h5-7,9,19-21,24-25,30,48H,8,10-18,22-23H2,1-4H3,(H,52,59)(H,47,49,51)(H,50,58,60). The molecule has 62 heavy (non-hydrogen) atoms. The monoisotopic (exact) mass is 871 g/mol. The Hall–Kier alpha value is -5.83. The van der Waals surface area contributed by atoms with Crippen molar-refractivity contribution in [3.63, 3.8) is 0 Å². The van der Waals surface area contributed by atoms with Gasteiger partial charge in [-0.25, -0.2) is 9.99 Å². The molecule has 3 saturated heterocycles. The molecular formula is C41H50F5N11O5. The van der Waals surface area contributed by atoms with Crippen molar-refractivity contribution in [2.45, 2.75) is 63.7 Å². The third kappa shape index (κ3) is 9.77. The normalized spacial score (nSPS) is 20.5. The maximum atomic E-state index is 14.8. The SMILES string of the molecule is COc1cc(C(=O)NN2CCC(CN3CCN(c4ccc(NC5CCC(=O)NC5=O)cc4C(F)(F)F)CC3)CC2)ccc1Nc1ncc2c(n1)N(C(C)C)CC(F)(F)C(=O)N2C. The van der Waals surface area contributed by atoms with Crippen molar-refractivity contribution in [3.8, 4) is 5.75 Å². The van der Waals surface area contributed by atoms with Gasteiger partial charge in [0.05, 0.1) is 31.1 Å². The molecule has 1 unspecified atom stereocenters. The van der Waals surface area contributed by atoms with Gasteiger partial charge in [0.25, 0.3) is 11.8 Å². The van der Waals surface area contributed by atoms with Crippen molar-refractivity contribution in [1.29, 1.82) is 0 Å². The number of carbonyl (C=O) groups excluding carboxylic acids is 4. The van der Waals surface area contributed by atoms with Crippen LogP contribution in [-0.4, -0.2) is 128 Å². The second kappa shape index (κ2) is 17.9. The summed E-state index contributed by atoms with van der Waals surface area (Å²) in [6.07, 6.45) is -1.38. The zero-order chi connectivity index (χ0) is 44.5. The molecule has 0 bridgehead atoms. The second-order valence-electron chi connectivity index (χ2n) is 16.3. The summed E-state index contributed by atoms with van der Waals surface area (Å²) < 4.78 is 77.9. The van der Waals surface area contributed by atoms with Crippen molar-refractivity contribution in [2.24, 2.45) is 5.92 Å². The topological polar surface area (TPSA) is 168 Å². The number of nitrogens with one attached hydrogen (secondary N) is 4. The maximum absolute atomic E-state index is 14.8. The van der Waals surface area contributed by atoms with Crippen LogP contribution in [0.2, 0.25) is 0 Å². The number of alkyl halides is 5. The zero-order valence-corrected chi connectivity index (χ0v) is 34.8. The summed E-state index contributed by atoms with van der Waals surface area (Å²) in [5.74, 6) is -5.40. The molecule has 4 amide bonds. The van der Waals surface area contributed by atoms with Gasteiger partial charge in [-0.05, 0) is 75.4 Å². The Morgan fingerprint density at radius 2 is 1.71 bits per heavy atom. The second-order valence-corrected chi connectivity index (χ2v) is 16.3. The number of benzene rings is 2. The van der Waals surface area contributed by atoms with Crippen LogP contribution in [-0.2, 0) is 20.6 Å². The quantitative estimate of drug-likeness (QED) is 0.158. The number of piperazine rings is 1. The number of amides is 4. The summed E-state index contributed by atoms with van der Waals surface area (Å²) in [6, 6.07) is 7.58. The van der Waals surface area contributed by atoms with Gasteiger partial charge in [-0.3, -0.25) is 34.8 Å². The lowest BCUT2D eigenvalue weighted by Gasteiger charge is -2.40. The van der Waals surface area contributed by atoms with E-state index in [1.165, 1.54) is 37.4 Å². The number of methoxy groups -OCH3 is 1. The highest BCUT2D eigenvalue weighted by Crippen LogP contribution is 2.40. The molecule has 5 heterocycles. The largest absolute Gasteiger partial charge is 0.495 e. The van der Waals surface area contributed by atoms with Crippen molar-refractivity contribution in [1.82, 2.24) is 30.6 Å². The van der Waals surface area contributed by atoms with Gasteiger partial charge in [-0.2, -0.15) is 26.9 Å². The van der Waals surface area contributed by atoms with E-state index in [2.05, 4.69) is 36.2 Å². The molecule has 1 aromatic heterocycles. The van der Waals surface area contributed by atoms with Crippen molar-refractivity contribution in [2.75, 3.05) is 91.8 Å². The maximum Gasteiger partial charge on any atom is 0.418 e. The summed E-state index contributed by atoms with van der Waals surface area (Å²) in [7, 11) is 2.70. The van der Waals surface area contributed by atoms with Crippen LogP contribution in [0.15, 0.2) is 42.6 Å². The number of carbonyl (C=O) groups is 4. The Morgan fingerprint density at radius 1 is 0.984 bits per heavy atom. The van der Waals surface area contributed by atoms with Crippen molar-refractivity contribution in [3.05, 3.63) is 53.7 Å². The van der Waals surface area contributed by atoms with Crippen LogP contribution in [0.1, 0.15) is 55.5 Å². The van der Waals surface area contributed by atoms with Crippen molar-refractivity contribution >= 4 is 58.1 Å². The number of hydrogen-bond donors (Lipinski definition) is 4. The average molecular weight is 872 g/mol. The molecule has 0 saturated carbocycles. The Balaban J connectivity index is 0.898. The lowest BCUT2D eigenvalue weighted by atomic mass is 9.96. The van der Waals surface area contributed by atoms with E-state index in [1.54, 1.807) is 36.9 Å². The predicted molar refractivity (Wildman–Crippen MR) is 221 cm³/mol. The summed E-state index contributed by atoms with van der Waals surface area (Å²) >= 11 is 0. The van der Waals surface area contributed by atoms with Crippen LogP contribution >= 0.6 is 0 Å². The highest BCUT2D eigenvalue weighted by Gasteiger charge is 2.48. The first-order chi connectivity index (χ1) is 29.4. The summed E-state index contributed by atoms with van der Waals surface area (Å²) in [5, 5.41) is 9.96. The number of anilines is 6. The van der Waals surface area contributed by atoms with Crippen LogP contribution in [0.5, 0.6) is 5.75 Å². The number of rotatable bonds is 11. The van der Waals surface area contributed by atoms with Gasteiger partial charge in [0.15, 0.2) is 5.82 Å². The number of aromatic nitrogens is 2. The van der Waals surface area contributed by atoms with E-state index >= 15 is 0 Å². The number of fused-ring (bicyclic) bond motifs is 1. The predicted octanol–water partition coefficient (Wildman–Crippen LogP) is 4.47.